The third-order valence-corrected chi connectivity index (χ3v) is 2.94. The Bertz CT molecular complexity index is 179. The number of nitrogens with zero attached hydrogens (tertiary/aromatic N) is 1. The van der Waals surface area contributed by atoms with E-state index in [4.69, 9.17) is 0 Å². The predicted molar refractivity (Wildman–Crippen MR) is 60.8 cm³/mol. The van der Waals surface area contributed by atoms with E-state index in [1.165, 1.54) is 0 Å². The molecule has 0 aromatic heterocycles. The van der Waals surface area contributed by atoms with Crippen LogP contribution in [0, 0.1) is 0 Å². The lowest BCUT2D eigenvalue weighted by molar-refractivity contribution is 0.0426. The van der Waals surface area contributed by atoms with E-state index in [0.29, 0.717) is 19.6 Å². The monoisotopic (exact) mass is 216 g/mol. The fraction of sp³-hybridized carbons (Fsp3) is 1.00. The lowest BCUT2D eigenvalue weighted by atomic mass is 10.0. The van der Waals surface area contributed by atoms with Crippen LogP contribution in [0.25, 0.3) is 0 Å². The van der Waals surface area contributed by atoms with Crippen LogP contribution in [0.2, 0.25) is 0 Å². The van der Waals surface area contributed by atoms with Crippen molar-refractivity contribution < 1.29 is 10.2 Å². The van der Waals surface area contributed by atoms with Crippen molar-refractivity contribution in [2.24, 2.45) is 0 Å². The second-order valence-electron chi connectivity index (χ2n) is 4.98. The fourth-order valence-electron chi connectivity index (χ4n) is 2.17. The Morgan fingerprint density at radius 1 is 1.33 bits per heavy atom. The minimum atomic E-state index is -0.516. The predicted octanol–water partition coefficient (Wildman–Crippen LogP) is -0.196. The molecule has 0 heterocycles. The normalized spacial score (nSPS) is 22.2. The summed E-state index contributed by atoms with van der Waals surface area (Å²) < 4.78 is 0. The molecule has 4 heteroatoms. The van der Waals surface area contributed by atoms with E-state index in [9.17, 15) is 10.2 Å². The third kappa shape index (κ3) is 4.93. The number of aliphatic hydroxyl groups is 2. The lowest BCUT2D eigenvalue weighted by Crippen LogP contribution is -2.42. The number of hydrogen-bond acceptors (Lipinski definition) is 4. The van der Waals surface area contributed by atoms with Crippen molar-refractivity contribution >= 4 is 0 Å². The summed E-state index contributed by atoms with van der Waals surface area (Å²) in [5.74, 6) is 0. The van der Waals surface area contributed by atoms with Crippen LogP contribution in [0.1, 0.15) is 25.7 Å². The van der Waals surface area contributed by atoms with Gasteiger partial charge in [0.2, 0.25) is 0 Å². The third-order valence-electron chi connectivity index (χ3n) is 2.94. The SMILES string of the molecule is CN(C)CC(O)CNCC1(O)CCCC1. The first kappa shape index (κ1) is 12.9. The number of nitrogens with one attached hydrogen (secondary N) is 1. The van der Waals surface area contributed by atoms with Crippen LogP contribution in [-0.4, -0.2) is 60.5 Å². The molecule has 1 unspecified atom stereocenters. The van der Waals surface area contributed by atoms with Crippen LogP contribution in [0.5, 0.6) is 0 Å². The number of hydrogen-bond donors (Lipinski definition) is 3. The van der Waals surface area contributed by atoms with Crippen molar-refractivity contribution in [3.05, 3.63) is 0 Å². The minimum absolute atomic E-state index is 0.356. The van der Waals surface area contributed by atoms with E-state index < -0.39 is 5.60 Å². The molecule has 0 aromatic rings. The van der Waals surface area contributed by atoms with E-state index in [2.05, 4.69) is 5.32 Å². The largest absolute Gasteiger partial charge is 0.390 e. The average molecular weight is 216 g/mol. The van der Waals surface area contributed by atoms with Crippen molar-refractivity contribution in [3.8, 4) is 0 Å². The van der Waals surface area contributed by atoms with Crippen LogP contribution in [0.15, 0.2) is 0 Å². The van der Waals surface area contributed by atoms with Crippen LogP contribution in [0.3, 0.4) is 0 Å². The molecule has 15 heavy (non-hydrogen) atoms. The van der Waals surface area contributed by atoms with Gasteiger partial charge in [-0.2, -0.15) is 0 Å². The van der Waals surface area contributed by atoms with Crippen LogP contribution in [0.4, 0.5) is 0 Å². The highest BCUT2D eigenvalue weighted by atomic mass is 16.3. The molecular weight excluding hydrogens is 192 g/mol. The summed E-state index contributed by atoms with van der Waals surface area (Å²) in [4.78, 5) is 1.95. The average Bonchev–Trinajstić information content (AvgIpc) is 2.51. The molecule has 0 spiro atoms. The Kier molecular flexibility index (Phi) is 4.99. The van der Waals surface area contributed by atoms with Gasteiger partial charge in [0.25, 0.3) is 0 Å². The highest BCUT2D eigenvalue weighted by molar-refractivity contribution is 4.86. The minimum Gasteiger partial charge on any atom is -0.390 e. The molecular formula is C11H24N2O2. The van der Waals surface area contributed by atoms with Gasteiger partial charge in [0, 0.05) is 19.6 Å². The zero-order valence-corrected chi connectivity index (χ0v) is 9.87. The quantitative estimate of drug-likeness (QED) is 0.576. The maximum Gasteiger partial charge on any atom is 0.0791 e. The summed E-state index contributed by atoms with van der Waals surface area (Å²) in [6.45, 7) is 1.82. The van der Waals surface area contributed by atoms with Gasteiger partial charge in [0.05, 0.1) is 11.7 Å². The Morgan fingerprint density at radius 3 is 2.47 bits per heavy atom. The number of rotatable bonds is 6. The van der Waals surface area contributed by atoms with Crippen LogP contribution < -0.4 is 5.32 Å². The molecule has 4 nitrogen and oxygen atoms in total. The molecule has 0 bridgehead atoms. The number of likely N-dealkylation sites (N-methyl/N-ethyl adjacent to an activating group) is 1. The topological polar surface area (TPSA) is 55.7 Å². The zero-order chi connectivity index (χ0) is 11.3. The molecule has 90 valence electrons. The summed E-state index contributed by atoms with van der Waals surface area (Å²) in [5, 5.41) is 22.8. The van der Waals surface area contributed by atoms with E-state index in [1.807, 2.05) is 19.0 Å². The van der Waals surface area contributed by atoms with Crippen molar-refractivity contribution in [1.82, 2.24) is 10.2 Å². The van der Waals surface area contributed by atoms with Gasteiger partial charge in [0.1, 0.15) is 0 Å². The fourth-order valence-corrected chi connectivity index (χ4v) is 2.17. The van der Waals surface area contributed by atoms with Crippen LogP contribution >= 0.6 is 0 Å². The summed E-state index contributed by atoms with van der Waals surface area (Å²) in [5.41, 5.74) is -0.516. The number of aliphatic hydroxyl groups excluding tert-OH is 1. The van der Waals surface area contributed by atoms with E-state index in [-0.39, 0.29) is 6.10 Å². The Morgan fingerprint density at radius 2 is 1.93 bits per heavy atom. The molecule has 3 N–H and O–H groups in total. The summed E-state index contributed by atoms with van der Waals surface area (Å²) in [7, 11) is 3.88. The zero-order valence-electron chi connectivity index (χ0n) is 9.87. The first-order valence-electron chi connectivity index (χ1n) is 5.78. The van der Waals surface area contributed by atoms with Gasteiger partial charge in [0.15, 0.2) is 0 Å². The molecule has 0 amide bonds. The Balaban J connectivity index is 2.10. The van der Waals surface area contributed by atoms with Crippen molar-refractivity contribution in [2.45, 2.75) is 37.4 Å². The van der Waals surface area contributed by atoms with Crippen molar-refractivity contribution in [1.29, 1.82) is 0 Å². The summed E-state index contributed by atoms with van der Waals surface area (Å²) in [6.07, 6.45) is 3.68. The Labute approximate surface area is 92.3 Å². The standard InChI is InChI=1S/C11H24N2O2/c1-13(2)8-10(14)7-12-9-11(15)5-3-4-6-11/h10,12,14-15H,3-9H2,1-2H3. The molecule has 0 saturated heterocycles. The van der Waals surface area contributed by atoms with Gasteiger partial charge >= 0.3 is 0 Å². The van der Waals surface area contributed by atoms with Gasteiger partial charge in [-0.3, -0.25) is 0 Å². The molecule has 1 atom stereocenters. The van der Waals surface area contributed by atoms with Crippen LogP contribution in [-0.2, 0) is 0 Å². The van der Waals surface area contributed by atoms with Gasteiger partial charge in [-0.25, -0.2) is 0 Å². The summed E-state index contributed by atoms with van der Waals surface area (Å²) in [6, 6.07) is 0. The second kappa shape index (κ2) is 5.80. The van der Waals surface area contributed by atoms with E-state index >= 15 is 0 Å². The second-order valence-corrected chi connectivity index (χ2v) is 4.98. The van der Waals surface area contributed by atoms with Crippen molar-refractivity contribution in [3.63, 3.8) is 0 Å². The maximum atomic E-state index is 10.0. The maximum absolute atomic E-state index is 10.0. The molecule has 1 aliphatic rings. The Hall–Kier alpha value is -0.160. The summed E-state index contributed by atoms with van der Waals surface area (Å²) >= 11 is 0. The first-order valence-corrected chi connectivity index (χ1v) is 5.78. The molecule has 0 radical (unpaired) electrons. The lowest BCUT2D eigenvalue weighted by Gasteiger charge is -2.24. The molecule has 1 aliphatic carbocycles. The van der Waals surface area contributed by atoms with Gasteiger partial charge in [-0.05, 0) is 26.9 Å². The van der Waals surface area contributed by atoms with Crippen molar-refractivity contribution in [2.75, 3.05) is 33.7 Å². The van der Waals surface area contributed by atoms with Gasteiger partial charge in [-0.15, -0.1) is 0 Å². The highest BCUT2D eigenvalue weighted by Gasteiger charge is 2.30. The molecule has 0 aromatic carbocycles. The smallest absolute Gasteiger partial charge is 0.0791 e. The molecule has 1 rings (SSSR count). The van der Waals surface area contributed by atoms with E-state index in [0.717, 1.165) is 25.7 Å². The van der Waals surface area contributed by atoms with Gasteiger partial charge < -0.3 is 20.4 Å². The van der Waals surface area contributed by atoms with E-state index in [1.54, 1.807) is 0 Å². The molecule has 1 saturated carbocycles. The molecule has 1 fully saturated rings. The first-order chi connectivity index (χ1) is 7.02. The highest BCUT2D eigenvalue weighted by Crippen LogP contribution is 2.28. The van der Waals surface area contributed by atoms with Gasteiger partial charge in [-0.1, -0.05) is 12.8 Å². The molecule has 0 aliphatic heterocycles.